The van der Waals surface area contributed by atoms with E-state index < -0.39 is 18.1 Å². The zero-order valence-corrected chi connectivity index (χ0v) is 14.6. The zero-order chi connectivity index (χ0) is 18.0. The van der Waals surface area contributed by atoms with Crippen LogP contribution in [0.2, 0.25) is 5.02 Å². The Morgan fingerprint density at radius 3 is 2.92 bits per heavy atom. The van der Waals surface area contributed by atoms with Gasteiger partial charge in [0.05, 0.1) is 6.20 Å². The summed E-state index contributed by atoms with van der Waals surface area (Å²) in [5.74, 6) is 0.885. The number of alkyl halides is 1. The van der Waals surface area contributed by atoms with Gasteiger partial charge in [-0.05, 0) is 25.7 Å². The van der Waals surface area contributed by atoms with E-state index in [1.807, 2.05) is 6.92 Å². The van der Waals surface area contributed by atoms with Crippen molar-refractivity contribution in [1.29, 1.82) is 0 Å². The Bertz CT molecular complexity index is 780. The maximum atomic E-state index is 12.7. The molecule has 0 aliphatic heterocycles. The van der Waals surface area contributed by atoms with Gasteiger partial charge in [-0.25, -0.2) is 9.37 Å². The minimum atomic E-state index is -0.754. The van der Waals surface area contributed by atoms with Crippen LogP contribution in [0.5, 0.6) is 5.75 Å². The summed E-state index contributed by atoms with van der Waals surface area (Å²) in [5.41, 5.74) is -0.638. The van der Waals surface area contributed by atoms with Crippen molar-refractivity contribution >= 4 is 17.5 Å². The van der Waals surface area contributed by atoms with Gasteiger partial charge in [0.2, 0.25) is 5.89 Å². The summed E-state index contributed by atoms with van der Waals surface area (Å²) >= 11 is 5.95. The molecular formula is C16H18ClFN4O3. The number of ether oxygens (including phenoxy) is 1. The topological polar surface area (TPSA) is 90.1 Å². The van der Waals surface area contributed by atoms with Crippen LogP contribution in [-0.2, 0) is 5.54 Å². The number of hydrogen-bond donors (Lipinski definition) is 1. The third kappa shape index (κ3) is 3.73. The highest BCUT2D eigenvalue weighted by atomic mass is 35.5. The molecule has 0 saturated heterocycles. The molecule has 1 fully saturated rings. The third-order valence-electron chi connectivity index (χ3n) is 4.15. The Labute approximate surface area is 148 Å². The summed E-state index contributed by atoms with van der Waals surface area (Å²) in [7, 11) is 0. The summed E-state index contributed by atoms with van der Waals surface area (Å²) < 4.78 is 22.5. The molecule has 7 nitrogen and oxygen atoms in total. The average Bonchev–Trinajstić information content (AvgIpc) is 3.36. The van der Waals surface area contributed by atoms with Crippen LogP contribution in [0.15, 0.2) is 16.8 Å². The summed E-state index contributed by atoms with van der Waals surface area (Å²) in [6.07, 6.45) is 3.23. The number of carbonyl (C=O) groups excluding carboxylic acids is 1. The van der Waals surface area contributed by atoms with Crippen molar-refractivity contribution < 1.29 is 18.4 Å². The second-order valence-corrected chi connectivity index (χ2v) is 6.51. The van der Waals surface area contributed by atoms with Gasteiger partial charge in [-0.15, -0.1) is 0 Å². The van der Waals surface area contributed by atoms with Crippen molar-refractivity contribution in [2.75, 3.05) is 13.3 Å². The molecular weight excluding hydrogens is 351 g/mol. The number of halogens is 2. The molecule has 2 aromatic heterocycles. The van der Waals surface area contributed by atoms with Gasteiger partial charge in [-0.2, -0.15) is 4.98 Å². The molecule has 25 heavy (non-hydrogen) atoms. The monoisotopic (exact) mass is 368 g/mol. The first-order valence-corrected chi connectivity index (χ1v) is 8.29. The number of amides is 1. The fourth-order valence-corrected chi connectivity index (χ4v) is 2.77. The molecule has 0 radical (unpaired) electrons. The van der Waals surface area contributed by atoms with Gasteiger partial charge >= 0.3 is 0 Å². The number of aromatic nitrogens is 3. The molecule has 134 valence electrons. The van der Waals surface area contributed by atoms with Gasteiger partial charge in [-0.1, -0.05) is 16.8 Å². The SMILES string of the molecule is Cc1nc(C(C)(NC(=O)c2cc(OCCF)c(Cl)cn2)C2CC2)no1. The maximum absolute atomic E-state index is 12.7. The van der Waals surface area contributed by atoms with E-state index in [4.69, 9.17) is 20.9 Å². The van der Waals surface area contributed by atoms with E-state index in [0.29, 0.717) is 11.7 Å². The molecule has 1 saturated carbocycles. The van der Waals surface area contributed by atoms with Crippen LogP contribution in [0.1, 0.15) is 42.0 Å². The first-order valence-electron chi connectivity index (χ1n) is 7.91. The molecule has 9 heteroatoms. The first-order chi connectivity index (χ1) is 11.9. The number of pyridine rings is 1. The van der Waals surface area contributed by atoms with Crippen molar-refractivity contribution in [2.45, 2.75) is 32.2 Å². The number of nitrogens with zero attached hydrogens (tertiary/aromatic N) is 3. The number of aryl methyl sites for hydroxylation is 1. The molecule has 1 unspecified atom stereocenters. The minimum Gasteiger partial charge on any atom is -0.489 e. The molecule has 3 rings (SSSR count). The maximum Gasteiger partial charge on any atom is 0.270 e. The molecule has 0 bridgehead atoms. The normalized spacial score (nSPS) is 16.3. The van der Waals surface area contributed by atoms with E-state index in [0.717, 1.165) is 12.8 Å². The predicted octanol–water partition coefficient (Wildman–Crippen LogP) is 2.83. The van der Waals surface area contributed by atoms with E-state index in [2.05, 4.69) is 20.4 Å². The molecule has 1 aliphatic carbocycles. The van der Waals surface area contributed by atoms with Gasteiger partial charge in [-0.3, -0.25) is 4.79 Å². The highest BCUT2D eigenvalue weighted by Gasteiger charge is 2.47. The van der Waals surface area contributed by atoms with Gasteiger partial charge in [0.15, 0.2) is 5.82 Å². The van der Waals surface area contributed by atoms with Crippen LogP contribution in [0.4, 0.5) is 4.39 Å². The predicted molar refractivity (Wildman–Crippen MR) is 87.3 cm³/mol. The van der Waals surface area contributed by atoms with Crippen molar-refractivity contribution in [3.63, 3.8) is 0 Å². The molecule has 1 amide bonds. The van der Waals surface area contributed by atoms with Crippen LogP contribution in [0.3, 0.4) is 0 Å². The number of rotatable bonds is 7. The highest BCUT2D eigenvalue weighted by Crippen LogP contribution is 2.44. The zero-order valence-electron chi connectivity index (χ0n) is 13.9. The van der Waals surface area contributed by atoms with Crippen molar-refractivity contribution in [2.24, 2.45) is 5.92 Å². The lowest BCUT2D eigenvalue weighted by Crippen LogP contribution is -2.46. The van der Waals surface area contributed by atoms with Gasteiger partial charge in [0, 0.05) is 13.0 Å². The summed E-state index contributed by atoms with van der Waals surface area (Å²) in [4.78, 5) is 21.0. The lowest BCUT2D eigenvalue weighted by molar-refractivity contribution is 0.0879. The molecule has 1 aliphatic rings. The van der Waals surface area contributed by atoms with E-state index in [1.165, 1.54) is 12.3 Å². The lowest BCUT2D eigenvalue weighted by Gasteiger charge is -2.27. The van der Waals surface area contributed by atoms with Gasteiger partial charge in [0.1, 0.15) is 35.3 Å². The summed E-state index contributed by atoms with van der Waals surface area (Å²) in [5, 5.41) is 7.12. The van der Waals surface area contributed by atoms with Gasteiger partial charge < -0.3 is 14.6 Å². The standard InChI is InChI=1S/C16H18ClFN4O3/c1-9-20-15(22-25-9)16(2,10-3-4-10)21-14(23)12-7-13(24-6-5-18)11(17)8-19-12/h7-8,10H,3-6H2,1-2H3,(H,21,23). The number of carbonyl (C=O) groups is 1. The van der Waals surface area contributed by atoms with E-state index >= 15 is 0 Å². The molecule has 1 atom stereocenters. The van der Waals surface area contributed by atoms with Crippen LogP contribution in [-0.4, -0.2) is 34.3 Å². The molecule has 1 N–H and O–H groups in total. The molecule has 0 spiro atoms. The Kier molecular flexibility index (Phi) is 4.89. The second kappa shape index (κ2) is 6.95. The fourth-order valence-electron chi connectivity index (χ4n) is 2.61. The smallest absolute Gasteiger partial charge is 0.270 e. The lowest BCUT2D eigenvalue weighted by atomic mass is 9.94. The largest absolute Gasteiger partial charge is 0.489 e. The van der Waals surface area contributed by atoms with Crippen LogP contribution in [0, 0.1) is 12.8 Å². The summed E-state index contributed by atoms with van der Waals surface area (Å²) in [6, 6.07) is 1.39. The average molecular weight is 369 g/mol. The Balaban J connectivity index is 1.82. The van der Waals surface area contributed by atoms with E-state index in [9.17, 15) is 9.18 Å². The molecule has 2 aromatic rings. The van der Waals surface area contributed by atoms with Gasteiger partial charge in [0.25, 0.3) is 5.91 Å². The molecule has 0 aromatic carbocycles. The van der Waals surface area contributed by atoms with Crippen molar-refractivity contribution in [3.8, 4) is 5.75 Å². The molecule has 2 heterocycles. The quantitative estimate of drug-likeness (QED) is 0.808. The summed E-state index contributed by atoms with van der Waals surface area (Å²) in [6.45, 7) is 2.76. The van der Waals surface area contributed by atoms with Crippen molar-refractivity contribution in [1.82, 2.24) is 20.4 Å². The fraction of sp³-hybridized carbons (Fsp3) is 0.500. The number of hydrogen-bond acceptors (Lipinski definition) is 6. The van der Waals surface area contributed by atoms with Crippen molar-refractivity contribution in [3.05, 3.63) is 34.7 Å². The third-order valence-corrected chi connectivity index (χ3v) is 4.43. The van der Waals surface area contributed by atoms with E-state index in [1.54, 1.807) is 6.92 Å². The highest BCUT2D eigenvalue weighted by molar-refractivity contribution is 6.32. The second-order valence-electron chi connectivity index (χ2n) is 6.11. The first kappa shape index (κ1) is 17.6. The Morgan fingerprint density at radius 1 is 1.56 bits per heavy atom. The van der Waals surface area contributed by atoms with Crippen LogP contribution in [0.25, 0.3) is 0 Å². The Morgan fingerprint density at radius 2 is 2.32 bits per heavy atom. The van der Waals surface area contributed by atoms with E-state index in [-0.39, 0.29) is 29.0 Å². The van der Waals surface area contributed by atoms with Crippen LogP contribution >= 0.6 is 11.6 Å². The Hall–Kier alpha value is -2.22. The number of nitrogens with one attached hydrogen (secondary N) is 1. The van der Waals surface area contributed by atoms with Crippen LogP contribution < -0.4 is 10.1 Å². The minimum absolute atomic E-state index is 0.116.